The van der Waals surface area contributed by atoms with E-state index < -0.39 is 0 Å². The lowest BCUT2D eigenvalue weighted by atomic mass is 9.94. The zero-order valence-electron chi connectivity index (χ0n) is 40.5. The van der Waals surface area contributed by atoms with Crippen molar-refractivity contribution in [2.75, 3.05) is 62.9 Å². The lowest BCUT2D eigenvalue weighted by molar-refractivity contribution is 0.0820. The number of benzene rings is 4. The van der Waals surface area contributed by atoms with E-state index >= 15 is 0 Å². The van der Waals surface area contributed by atoms with Crippen LogP contribution in [0.3, 0.4) is 0 Å². The number of fused-ring (bicyclic) bond motifs is 5. The summed E-state index contributed by atoms with van der Waals surface area (Å²) >= 11 is 0. The summed E-state index contributed by atoms with van der Waals surface area (Å²) in [5, 5.41) is 1.57. The van der Waals surface area contributed by atoms with Crippen molar-refractivity contribution in [1.29, 1.82) is 0 Å². The zero-order chi connectivity index (χ0) is 49.1. The average molecular weight is 917 g/mol. The summed E-state index contributed by atoms with van der Waals surface area (Å²) in [7, 11) is 13.9. The van der Waals surface area contributed by atoms with Gasteiger partial charge in [-0.1, -0.05) is 54.6 Å². The molecule has 4 heterocycles. The lowest BCUT2D eigenvalue weighted by Gasteiger charge is -2.18. The highest BCUT2D eigenvalue weighted by atomic mass is 16.2. The molecule has 6 bridgehead atoms. The van der Waals surface area contributed by atoms with Gasteiger partial charge in [-0.05, 0) is 120 Å². The van der Waals surface area contributed by atoms with E-state index in [1.165, 1.54) is 0 Å². The van der Waals surface area contributed by atoms with Gasteiger partial charge in [0.05, 0.1) is 23.7 Å². The maximum absolute atomic E-state index is 13.1. The van der Waals surface area contributed by atoms with Crippen molar-refractivity contribution in [3.8, 4) is 0 Å². The fourth-order valence-corrected chi connectivity index (χ4v) is 8.59. The second-order valence-corrected chi connectivity index (χ2v) is 17.9. The van der Waals surface area contributed by atoms with Crippen molar-refractivity contribution in [3.63, 3.8) is 0 Å². The molecule has 6 aromatic rings. The molecule has 0 spiro atoms. The third kappa shape index (κ3) is 9.73. The SMILES string of the molecule is C/C=C\C1=NCC(c2ccc(C(=O)N(C)C)cc2)c2ccc([nH]2)/C(c2ccc(C(=O)N(C)C)cc2)=C2/C=CC(=N2)/C(c2ccc(C(=O)N(C)C)cc2)=c2/cc/c([nH]2)=C/1c1ccc(C(=O)N(C)C)cc1. The van der Waals surface area contributed by atoms with E-state index in [9.17, 15) is 19.2 Å². The monoisotopic (exact) mass is 916 g/mol. The molecule has 1 unspecified atom stereocenters. The van der Waals surface area contributed by atoms with Gasteiger partial charge in [-0.2, -0.15) is 0 Å². The number of H-pyrrole nitrogens is 2. The van der Waals surface area contributed by atoms with Crippen LogP contribution in [0.4, 0.5) is 0 Å². The minimum absolute atomic E-state index is 0.0890. The van der Waals surface area contributed by atoms with Crippen LogP contribution in [0.15, 0.2) is 161 Å². The van der Waals surface area contributed by atoms with E-state index in [4.69, 9.17) is 9.98 Å². The van der Waals surface area contributed by atoms with Crippen LogP contribution in [-0.2, 0) is 0 Å². The van der Waals surface area contributed by atoms with Crippen LogP contribution >= 0.6 is 0 Å². The van der Waals surface area contributed by atoms with Crippen LogP contribution in [0.25, 0.3) is 16.7 Å². The van der Waals surface area contributed by atoms with Gasteiger partial charge in [0.25, 0.3) is 23.6 Å². The molecule has 0 aliphatic carbocycles. The molecule has 0 saturated heterocycles. The molecule has 8 rings (SSSR count). The van der Waals surface area contributed by atoms with Gasteiger partial charge in [-0.25, -0.2) is 4.99 Å². The highest BCUT2D eigenvalue weighted by molar-refractivity contribution is 6.31. The fourth-order valence-electron chi connectivity index (χ4n) is 8.59. The van der Waals surface area contributed by atoms with Gasteiger partial charge in [-0.3, -0.25) is 24.2 Å². The molecule has 4 aromatic carbocycles. The van der Waals surface area contributed by atoms with Crippen LogP contribution in [0.5, 0.6) is 0 Å². The van der Waals surface area contributed by atoms with E-state index in [0.717, 1.165) is 61.1 Å². The third-order valence-corrected chi connectivity index (χ3v) is 12.2. The molecule has 2 aliphatic heterocycles. The molecule has 2 aliphatic rings. The number of carbonyl (C=O) groups is 4. The number of carbonyl (C=O) groups excluding carboxylic acids is 4. The topological polar surface area (TPSA) is 138 Å². The number of aromatic nitrogens is 2. The van der Waals surface area contributed by atoms with E-state index in [0.29, 0.717) is 45.9 Å². The number of hydrogen-bond acceptors (Lipinski definition) is 6. The summed E-state index contributed by atoms with van der Waals surface area (Å²) in [5.41, 5.74) is 12.1. The van der Waals surface area contributed by atoms with Gasteiger partial charge >= 0.3 is 0 Å². The van der Waals surface area contributed by atoms with Gasteiger partial charge in [0, 0.05) is 123 Å². The molecule has 0 radical (unpaired) electrons. The van der Waals surface area contributed by atoms with Crippen molar-refractivity contribution in [2.45, 2.75) is 12.8 Å². The predicted molar refractivity (Wildman–Crippen MR) is 275 cm³/mol. The average Bonchev–Trinajstić information content (AvgIpc) is 4.15. The second-order valence-electron chi connectivity index (χ2n) is 17.9. The smallest absolute Gasteiger partial charge is 0.253 e. The van der Waals surface area contributed by atoms with E-state index in [1.807, 2.05) is 140 Å². The summed E-state index contributed by atoms with van der Waals surface area (Å²) < 4.78 is 0. The van der Waals surface area contributed by atoms with Crippen molar-refractivity contribution < 1.29 is 19.2 Å². The Morgan fingerprint density at radius 3 is 1.41 bits per heavy atom. The molecule has 348 valence electrons. The standard InChI is InChI=1S/C57H56N8O4/c1-10-11-45-51(36-14-22-40(23-15-36)55(67)63(4)5)46-30-31-49(60-46)53(38-18-26-42(27-19-38)57(69)65(8)9)50-33-32-48(61-50)52(37-16-24-41(25-17-37)56(68)64(6)7)47-29-28-44(59-47)43(34-58-45)35-12-20-39(21-13-35)54(66)62(2)3/h10-33,43,59-60H,34H2,1-9H3/b11-10-,51-46-,52-48-,53-49-,58-45?. The number of aliphatic imine (C=N–C) groups is 2. The Kier molecular flexibility index (Phi) is 13.5. The predicted octanol–water partition coefficient (Wildman–Crippen LogP) is 7.18. The Morgan fingerprint density at radius 1 is 0.507 bits per heavy atom. The fraction of sp³-hybridized carbons (Fsp3) is 0.193. The van der Waals surface area contributed by atoms with Crippen molar-refractivity contribution in [2.24, 2.45) is 9.98 Å². The van der Waals surface area contributed by atoms with Crippen molar-refractivity contribution >= 4 is 51.8 Å². The van der Waals surface area contributed by atoms with Gasteiger partial charge in [0.1, 0.15) is 0 Å². The van der Waals surface area contributed by atoms with Crippen molar-refractivity contribution in [3.05, 3.63) is 218 Å². The first kappa shape index (κ1) is 47.1. The molecule has 2 N–H and O–H groups in total. The van der Waals surface area contributed by atoms with E-state index in [2.05, 4.69) is 22.1 Å². The highest BCUT2D eigenvalue weighted by Crippen LogP contribution is 2.35. The van der Waals surface area contributed by atoms with Crippen LogP contribution < -0.4 is 10.7 Å². The molecular formula is C57H56N8O4. The summed E-state index contributed by atoms with van der Waals surface area (Å²) in [6.07, 6.45) is 7.99. The Bertz CT molecular complexity index is 3250. The molecule has 12 nitrogen and oxygen atoms in total. The Morgan fingerprint density at radius 2 is 0.942 bits per heavy atom. The van der Waals surface area contributed by atoms with E-state index in [-0.39, 0.29) is 29.5 Å². The molecular weight excluding hydrogens is 861 g/mol. The van der Waals surface area contributed by atoms with Gasteiger partial charge in [-0.15, -0.1) is 0 Å². The number of rotatable bonds is 9. The summed E-state index contributed by atoms with van der Waals surface area (Å²) in [6.45, 7) is 2.28. The lowest BCUT2D eigenvalue weighted by Crippen LogP contribution is -2.23. The van der Waals surface area contributed by atoms with Gasteiger partial charge in [0.15, 0.2) is 0 Å². The molecule has 4 amide bonds. The van der Waals surface area contributed by atoms with Gasteiger partial charge < -0.3 is 29.6 Å². The number of amides is 4. The Labute approximate surface area is 402 Å². The van der Waals surface area contributed by atoms with Crippen LogP contribution in [0, 0.1) is 0 Å². The minimum Gasteiger partial charge on any atom is -0.358 e. The van der Waals surface area contributed by atoms with Crippen LogP contribution in [-0.4, -0.2) is 128 Å². The molecule has 69 heavy (non-hydrogen) atoms. The highest BCUT2D eigenvalue weighted by Gasteiger charge is 2.24. The summed E-state index contributed by atoms with van der Waals surface area (Å²) in [4.78, 5) is 76.8. The van der Waals surface area contributed by atoms with Crippen LogP contribution in [0.2, 0.25) is 0 Å². The molecule has 12 heteroatoms. The maximum atomic E-state index is 13.1. The number of hydrogen-bond donors (Lipinski definition) is 2. The summed E-state index contributed by atoms with van der Waals surface area (Å²) in [6, 6.07) is 38.6. The first-order chi connectivity index (χ1) is 33.1. The molecule has 0 fully saturated rings. The number of aromatic amines is 2. The number of nitrogens with one attached hydrogen (secondary N) is 2. The zero-order valence-corrected chi connectivity index (χ0v) is 40.5. The molecule has 0 saturated carbocycles. The molecule has 1 atom stereocenters. The number of nitrogens with zero attached hydrogens (tertiary/aromatic N) is 6. The van der Waals surface area contributed by atoms with Crippen LogP contribution in [0.1, 0.15) is 87.9 Å². The largest absolute Gasteiger partial charge is 0.358 e. The second kappa shape index (κ2) is 19.8. The number of allylic oxidation sites excluding steroid dienone is 4. The normalized spacial score (nSPS) is 17.3. The Balaban J connectivity index is 1.43. The first-order valence-corrected chi connectivity index (χ1v) is 22.7. The van der Waals surface area contributed by atoms with Crippen molar-refractivity contribution in [1.82, 2.24) is 29.6 Å². The van der Waals surface area contributed by atoms with E-state index in [1.54, 1.807) is 76.0 Å². The minimum atomic E-state index is -0.289. The quantitative estimate of drug-likeness (QED) is 0.159. The first-order valence-electron chi connectivity index (χ1n) is 22.7. The van der Waals surface area contributed by atoms with Gasteiger partial charge in [0.2, 0.25) is 0 Å². The molecule has 2 aromatic heterocycles. The maximum Gasteiger partial charge on any atom is 0.253 e. The Hall–Kier alpha value is -8.38. The summed E-state index contributed by atoms with van der Waals surface area (Å²) in [5.74, 6) is -0.678. The third-order valence-electron chi connectivity index (χ3n) is 12.2.